The molecule has 6 heteroatoms. The van der Waals surface area contributed by atoms with E-state index < -0.39 is 0 Å². The van der Waals surface area contributed by atoms with E-state index in [2.05, 4.69) is 10.3 Å². The molecular formula is C19H17FN2O2S. The lowest BCUT2D eigenvalue weighted by Crippen LogP contribution is -2.12. The van der Waals surface area contributed by atoms with E-state index in [1.54, 1.807) is 7.11 Å². The SMILES string of the molecule is COc1cccc(-c2nc(CCC(=O)Nc3ccc(F)cc3)cs2)c1. The van der Waals surface area contributed by atoms with Gasteiger partial charge in [0.2, 0.25) is 5.91 Å². The summed E-state index contributed by atoms with van der Waals surface area (Å²) in [5, 5.41) is 5.60. The number of benzene rings is 2. The minimum absolute atomic E-state index is 0.123. The van der Waals surface area contributed by atoms with Gasteiger partial charge < -0.3 is 10.1 Å². The van der Waals surface area contributed by atoms with Gasteiger partial charge in [0.05, 0.1) is 12.8 Å². The summed E-state index contributed by atoms with van der Waals surface area (Å²) in [7, 11) is 1.63. The number of nitrogens with zero attached hydrogens (tertiary/aromatic N) is 1. The van der Waals surface area contributed by atoms with Crippen molar-refractivity contribution in [2.24, 2.45) is 0 Å². The molecule has 0 atom stereocenters. The Kier molecular flexibility index (Phi) is 5.40. The number of amides is 1. The largest absolute Gasteiger partial charge is 0.497 e. The van der Waals surface area contributed by atoms with Crippen molar-refractivity contribution in [3.8, 4) is 16.3 Å². The van der Waals surface area contributed by atoms with Crippen LogP contribution < -0.4 is 10.1 Å². The van der Waals surface area contributed by atoms with Gasteiger partial charge in [-0.15, -0.1) is 11.3 Å². The Balaban J connectivity index is 1.57. The fourth-order valence-corrected chi connectivity index (χ4v) is 3.16. The van der Waals surface area contributed by atoms with E-state index in [9.17, 15) is 9.18 Å². The quantitative estimate of drug-likeness (QED) is 0.706. The fraction of sp³-hybridized carbons (Fsp3) is 0.158. The van der Waals surface area contributed by atoms with Crippen LogP contribution in [-0.4, -0.2) is 18.0 Å². The highest BCUT2D eigenvalue weighted by Crippen LogP contribution is 2.27. The summed E-state index contributed by atoms with van der Waals surface area (Å²) >= 11 is 1.54. The third-order valence-corrected chi connectivity index (χ3v) is 4.54. The van der Waals surface area contributed by atoms with Gasteiger partial charge in [0.25, 0.3) is 0 Å². The van der Waals surface area contributed by atoms with Crippen LogP contribution in [-0.2, 0) is 11.2 Å². The van der Waals surface area contributed by atoms with Crippen LogP contribution >= 0.6 is 11.3 Å². The van der Waals surface area contributed by atoms with Crippen molar-refractivity contribution in [1.29, 1.82) is 0 Å². The smallest absolute Gasteiger partial charge is 0.224 e. The van der Waals surface area contributed by atoms with Crippen molar-refractivity contribution in [2.45, 2.75) is 12.8 Å². The Morgan fingerprint density at radius 3 is 2.80 bits per heavy atom. The van der Waals surface area contributed by atoms with Crippen molar-refractivity contribution in [3.63, 3.8) is 0 Å². The van der Waals surface area contributed by atoms with Crippen molar-refractivity contribution < 1.29 is 13.9 Å². The minimum atomic E-state index is -0.328. The first-order valence-corrected chi connectivity index (χ1v) is 8.66. The summed E-state index contributed by atoms with van der Waals surface area (Å²) in [4.78, 5) is 16.6. The second-order valence-corrected chi connectivity index (χ2v) is 6.29. The molecule has 0 aliphatic heterocycles. The summed E-state index contributed by atoms with van der Waals surface area (Å²) in [6.45, 7) is 0. The molecule has 0 saturated carbocycles. The lowest BCUT2D eigenvalue weighted by Gasteiger charge is -2.04. The molecule has 0 aliphatic carbocycles. The van der Waals surface area contributed by atoms with Crippen LogP contribution in [0, 0.1) is 5.82 Å². The first kappa shape index (κ1) is 17.1. The Morgan fingerprint density at radius 1 is 1.24 bits per heavy atom. The van der Waals surface area contributed by atoms with E-state index in [1.807, 2.05) is 29.6 Å². The van der Waals surface area contributed by atoms with Crippen LogP contribution in [0.25, 0.3) is 10.6 Å². The molecule has 0 aliphatic rings. The molecule has 0 fully saturated rings. The molecule has 1 N–H and O–H groups in total. The van der Waals surface area contributed by atoms with E-state index in [1.165, 1.54) is 35.6 Å². The summed E-state index contributed by atoms with van der Waals surface area (Å²) in [5.74, 6) is 0.334. The molecule has 1 amide bonds. The van der Waals surface area contributed by atoms with Crippen LogP contribution in [0.15, 0.2) is 53.9 Å². The van der Waals surface area contributed by atoms with E-state index >= 15 is 0 Å². The topological polar surface area (TPSA) is 51.2 Å². The van der Waals surface area contributed by atoms with Crippen molar-refractivity contribution in [2.75, 3.05) is 12.4 Å². The third kappa shape index (κ3) is 4.64. The van der Waals surface area contributed by atoms with Crippen LogP contribution in [0.5, 0.6) is 5.75 Å². The number of methoxy groups -OCH3 is 1. The number of rotatable bonds is 6. The predicted octanol–water partition coefficient (Wildman–Crippen LogP) is 4.53. The Bertz CT molecular complexity index is 862. The van der Waals surface area contributed by atoms with E-state index in [0.717, 1.165) is 22.0 Å². The lowest BCUT2D eigenvalue weighted by molar-refractivity contribution is -0.116. The number of hydrogen-bond acceptors (Lipinski definition) is 4. The maximum absolute atomic E-state index is 12.9. The van der Waals surface area contributed by atoms with Crippen molar-refractivity contribution in [1.82, 2.24) is 4.98 Å². The molecule has 1 heterocycles. The van der Waals surface area contributed by atoms with E-state index in [0.29, 0.717) is 18.5 Å². The van der Waals surface area contributed by atoms with Crippen LogP contribution in [0.3, 0.4) is 0 Å². The molecule has 0 spiro atoms. The Hall–Kier alpha value is -2.73. The van der Waals surface area contributed by atoms with Crippen LogP contribution in [0.1, 0.15) is 12.1 Å². The fourth-order valence-electron chi connectivity index (χ4n) is 2.31. The number of anilines is 1. The highest BCUT2D eigenvalue weighted by molar-refractivity contribution is 7.13. The van der Waals surface area contributed by atoms with Crippen LogP contribution in [0.2, 0.25) is 0 Å². The molecule has 4 nitrogen and oxygen atoms in total. The van der Waals surface area contributed by atoms with Crippen LogP contribution in [0.4, 0.5) is 10.1 Å². The number of carbonyl (C=O) groups excluding carboxylic acids is 1. The number of aromatic nitrogens is 1. The summed E-state index contributed by atoms with van der Waals surface area (Å²) in [6, 6.07) is 13.4. The van der Waals surface area contributed by atoms with Gasteiger partial charge in [0.1, 0.15) is 16.6 Å². The molecule has 128 valence electrons. The number of nitrogens with one attached hydrogen (secondary N) is 1. The summed E-state index contributed by atoms with van der Waals surface area (Å²) < 4.78 is 18.1. The first-order valence-electron chi connectivity index (χ1n) is 7.78. The number of hydrogen-bond donors (Lipinski definition) is 1. The second kappa shape index (κ2) is 7.90. The first-order chi connectivity index (χ1) is 12.1. The Labute approximate surface area is 149 Å². The Morgan fingerprint density at radius 2 is 2.04 bits per heavy atom. The van der Waals surface area contributed by atoms with Crippen molar-refractivity contribution in [3.05, 3.63) is 65.4 Å². The maximum Gasteiger partial charge on any atom is 0.224 e. The zero-order valence-electron chi connectivity index (χ0n) is 13.7. The van der Waals surface area contributed by atoms with Gasteiger partial charge in [0.15, 0.2) is 0 Å². The zero-order valence-corrected chi connectivity index (χ0v) is 14.5. The van der Waals surface area contributed by atoms with Gasteiger partial charge in [-0.1, -0.05) is 12.1 Å². The van der Waals surface area contributed by atoms with Gasteiger partial charge in [-0.3, -0.25) is 4.79 Å². The number of thiazole rings is 1. The predicted molar refractivity (Wildman–Crippen MR) is 97.5 cm³/mol. The zero-order chi connectivity index (χ0) is 17.6. The molecule has 3 rings (SSSR count). The molecule has 0 radical (unpaired) electrons. The molecule has 0 unspecified atom stereocenters. The van der Waals surface area contributed by atoms with Gasteiger partial charge in [-0.25, -0.2) is 9.37 Å². The highest BCUT2D eigenvalue weighted by Gasteiger charge is 2.08. The standard InChI is InChI=1S/C19H17FN2O2S/c1-24-17-4-2-3-13(11-17)19-22-16(12-25-19)9-10-18(23)21-15-7-5-14(20)6-8-15/h2-8,11-12H,9-10H2,1H3,(H,21,23). The molecule has 2 aromatic carbocycles. The number of halogens is 1. The lowest BCUT2D eigenvalue weighted by atomic mass is 10.2. The molecule has 1 aromatic heterocycles. The average molecular weight is 356 g/mol. The third-order valence-electron chi connectivity index (χ3n) is 3.60. The maximum atomic E-state index is 12.9. The molecule has 0 saturated heterocycles. The van der Waals surface area contributed by atoms with Crippen molar-refractivity contribution >= 4 is 22.9 Å². The van der Waals surface area contributed by atoms with Gasteiger partial charge in [-0.05, 0) is 42.8 Å². The second-order valence-electron chi connectivity index (χ2n) is 5.43. The highest BCUT2D eigenvalue weighted by atomic mass is 32.1. The minimum Gasteiger partial charge on any atom is -0.497 e. The van der Waals surface area contributed by atoms with Gasteiger partial charge >= 0.3 is 0 Å². The summed E-state index contributed by atoms with van der Waals surface area (Å²) in [6.07, 6.45) is 0.867. The van der Waals surface area contributed by atoms with Gasteiger partial charge in [-0.2, -0.15) is 0 Å². The normalized spacial score (nSPS) is 10.5. The van der Waals surface area contributed by atoms with E-state index in [4.69, 9.17) is 4.74 Å². The number of ether oxygens (including phenoxy) is 1. The molecule has 0 bridgehead atoms. The molecule has 3 aromatic rings. The average Bonchev–Trinajstić information content (AvgIpc) is 3.11. The number of carbonyl (C=O) groups is 1. The summed E-state index contributed by atoms with van der Waals surface area (Å²) in [5.41, 5.74) is 2.45. The monoisotopic (exact) mass is 356 g/mol. The van der Waals surface area contributed by atoms with Gasteiger partial charge in [0, 0.05) is 23.1 Å². The molecule has 25 heavy (non-hydrogen) atoms. The number of aryl methyl sites for hydroxylation is 1. The van der Waals surface area contributed by atoms with E-state index in [-0.39, 0.29) is 11.7 Å². The molecular weight excluding hydrogens is 339 g/mol.